The zero-order valence-electron chi connectivity index (χ0n) is 10.3. The molecule has 1 rings (SSSR count). The molecular weight excluding hydrogens is 228 g/mol. The number of nitrogens with zero attached hydrogens (tertiary/aromatic N) is 2. The van der Waals surface area contributed by atoms with Gasteiger partial charge >= 0.3 is 0 Å². The summed E-state index contributed by atoms with van der Waals surface area (Å²) in [7, 11) is 0. The molecule has 1 unspecified atom stereocenters. The second-order valence-corrected chi connectivity index (χ2v) is 7.10. The summed E-state index contributed by atoms with van der Waals surface area (Å²) >= 11 is 7.61. The van der Waals surface area contributed by atoms with E-state index >= 15 is 0 Å². The summed E-state index contributed by atoms with van der Waals surface area (Å²) < 4.78 is 0. The van der Waals surface area contributed by atoms with E-state index in [4.69, 9.17) is 11.6 Å². The number of hydrogen-bond acceptors (Lipinski definition) is 3. The topological polar surface area (TPSA) is 25.8 Å². The third-order valence-corrected chi connectivity index (χ3v) is 4.96. The van der Waals surface area contributed by atoms with Crippen molar-refractivity contribution in [2.75, 3.05) is 0 Å². The lowest BCUT2D eigenvalue weighted by atomic mass is 9.70. The summed E-state index contributed by atoms with van der Waals surface area (Å²) in [5.41, 5.74) is 0.189. The predicted octanol–water partition coefficient (Wildman–Crippen LogP) is 4.16. The predicted molar refractivity (Wildman–Crippen MR) is 66.7 cm³/mol. The van der Waals surface area contributed by atoms with E-state index in [1.54, 1.807) is 11.3 Å². The first kappa shape index (κ1) is 12.9. The molecule has 1 aromatic rings. The molecular formula is C11H19ClN2S. The Morgan fingerprint density at radius 3 is 2.00 bits per heavy atom. The summed E-state index contributed by atoms with van der Waals surface area (Å²) in [6.07, 6.45) is 0. The van der Waals surface area contributed by atoms with E-state index in [9.17, 15) is 0 Å². The van der Waals surface area contributed by atoms with Crippen molar-refractivity contribution in [1.82, 2.24) is 10.2 Å². The Labute approximate surface area is 101 Å². The van der Waals surface area contributed by atoms with Crippen molar-refractivity contribution in [3.8, 4) is 0 Å². The minimum absolute atomic E-state index is 0.0225. The SMILES string of the molecule is CC(Cl)c1nnc(C(C)(C)C(C)(C)C)s1. The molecule has 0 aliphatic heterocycles. The molecule has 0 spiro atoms. The first-order valence-electron chi connectivity index (χ1n) is 5.14. The molecule has 0 bridgehead atoms. The summed E-state index contributed by atoms with van der Waals surface area (Å²) in [4.78, 5) is 0. The van der Waals surface area contributed by atoms with Gasteiger partial charge < -0.3 is 0 Å². The molecule has 86 valence electrons. The van der Waals surface area contributed by atoms with Crippen LogP contribution in [0.4, 0.5) is 0 Å². The third kappa shape index (κ3) is 2.51. The van der Waals surface area contributed by atoms with Gasteiger partial charge in [0.1, 0.15) is 10.0 Å². The van der Waals surface area contributed by atoms with Crippen LogP contribution < -0.4 is 0 Å². The quantitative estimate of drug-likeness (QED) is 0.733. The number of aromatic nitrogens is 2. The lowest BCUT2D eigenvalue weighted by molar-refractivity contribution is 0.224. The maximum Gasteiger partial charge on any atom is 0.135 e. The molecule has 1 aromatic heterocycles. The van der Waals surface area contributed by atoms with Crippen LogP contribution in [-0.4, -0.2) is 10.2 Å². The van der Waals surface area contributed by atoms with Gasteiger partial charge in [-0.25, -0.2) is 0 Å². The molecule has 0 aliphatic carbocycles. The second kappa shape index (κ2) is 4.02. The maximum absolute atomic E-state index is 5.99. The minimum atomic E-state index is -0.0491. The van der Waals surface area contributed by atoms with E-state index in [2.05, 4.69) is 44.8 Å². The van der Waals surface area contributed by atoms with Gasteiger partial charge in [0.05, 0.1) is 5.38 Å². The molecule has 0 saturated heterocycles. The second-order valence-electron chi connectivity index (χ2n) is 5.44. The molecule has 1 atom stereocenters. The Morgan fingerprint density at radius 1 is 1.13 bits per heavy atom. The van der Waals surface area contributed by atoms with Crippen LogP contribution in [0.1, 0.15) is 56.9 Å². The van der Waals surface area contributed by atoms with Crippen LogP contribution >= 0.6 is 22.9 Å². The third-order valence-electron chi connectivity index (χ3n) is 3.19. The van der Waals surface area contributed by atoms with Gasteiger partial charge in [0.25, 0.3) is 0 Å². The van der Waals surface area contributed by atoms with Gasteiger partial charge in [-0.3, -0.25) is 0 Å². The van der Waals surface area contributed by atoms with Crippen LogP contribution in [0.15, 0.2) is 0 Å². The van der Waals surface area contributed by atoms with Crippen molar-refractivity contribution in [3.05, 3.63) is 10.0 Å². The number of rotatable bonds is 2. The van der Waals surface area contributed by atoms with Crippen LogP contribution in [0.5, 0.6) is 0 Å². The van der Waals surface area contributed by atoms with Gasteiger partial charge in [0.2, 0.25) is 0 Å². The standard InChI is InChI=1S/C11H19ClN2S/c1-7(12)8-13-14-9(15-8)11(5,6)10(2,3)4/h7H,1-6H3. The average Bonchev–Trinajstić information content (AvgIpc) is 2.49. The van der Waals surface area contributed by atoms with E-state index in [-0.39, 0.29) is 16.2 Å². The summed E-state index contributed by atoms with van der Waals surface area (Å²) in [5, 5.41) is 10.3. The van der Waals surface area contributed by atoms with Gasteiger partial charge in [-0.1, -0.05) is 46.0 Å². The molecule has 0 aliphatic rings. The highest BCUT2D eigenvalue weighted by Gasteiger charge is 2.37. The monoisotopic (exact) mass is 246 g/mol. The summed E-state index contributed by atoms with van der Waals surface area (Å²) in [6, 6.07) is 0. The van der Waals surface area contributed by atoms with E-state index in [0.717, 1.165) is 10.0 Å². The van der Waals surface area contributed by atoms with Gasteiger partial charge in [0.15, 0.2) is 0 Å². The Hall–Kier alpha value is -0.150. The highest BCUT2D eigenvalue weighted by atomic mass is 35.5. The maximum atomic E-state index is 5.99. The fraction of sp³-hybridized carbons (Fsp3) is 0.818. The van der Waals surface area contributed by atoms with E-state index in [0.29, 0.717) is 0 Å². The summed E-state index contributed by atoms with van der Waals surface area (Å²) in [5.74, 6) is 0. The molecule has 0 saturated carbocycles. The highest BCUT2D eigenvalue weighted by Crippen LogP contribution is 2.42. The van der Waals surface area contributed by atoms with Crippen molar-refractivity contribution in [1.29, 1.82) is 0 Å². The number of halogens is 1. The van der Waals surface area contributed by atoms with Gasteiger partial charge in [-0.15, -0.1) is 21.8 Å². The van der Waals surface area contributed by atoms with Crippen molar-refractivity contribution >= 4 is 22.9 Å². The van der Waals surface area contributed by atoms with Crippen molar-refractivity contribution in [3.63, 3.8) is 0 Å². The molecule has 0 amide bonds. The molecule has 0 fully saturated rings. The fourth-order valence-corrected chi connectivity index (χ4v) is 2.23. The van der Waals surface area contributed by atoms with Gasteiger partial charge in [-0.05, 0) is 12.3 Å². The molecule has 4 heteroatoms. The minimum Gasteiger partial charge on any atom is -0.143 e. The Balaban J connectivity index is 3.06. The average molecular weight is 247 g/mol. The normalized spacial score (nSPS) is 15.4. The Bertz CT molecular complexity index is 337. The van der Waals surface area contributed by atoms with Crippen LogP contribution in [0.25, 0.3) is 0 Å². The zero-order chi connectivity index (χ0) is 11.9. The lowest BCUT2D eigenvalue weighted by Gasteiger charge is -2.36. The highest BCUT2D eigenvalue weighted by molar-refractivity contribution is 7.11. The fourth-order valence-electron chi connectivity index (χ4n) is 0.969. The Kier molecular flexibility index (Phi) is 3.46. The van der Waals surface area contributed by atoms with E-state index in [1.165, 1.54) is 0 Å². The molecule has 0 N–H and O–H groups in total. The first-order valence-corrected chi connectivity index (χ1v) is 6.39. The molecule has 1 heterocycles. The number of alkyl halides is 1. The first-order chi connectivity index (χ1) is 6.66. The Morgan fingerprint density at radius 2 is 1.67 bits per heavy atom. The largest absolute Gasteiger partial charge is 0.143 e. The van der Waals surface area contributed by atoms with Gasteiger partial charge in [-0.2, -0.15) is 0 Å². The van der Waals surface area contributed by atoms with Crippen LogP contribution in [-0.2, 0) is 5.41 Å². The van der Waals surface area contributed by atoms with Gasteiger partial charge in [0, 0.05) is 5.41 Å². The van der Waals surface area contributed by atoms with Crippen LogP contribution in [0, 0.1) is 5.41 Å². The molecule has 15 heavy (non-hydrogen) atoms. The van der Waals surface area contributed by atoms with Crippen molar-refractivity contribution in [2.24, 2.45) is 5.41 Å². The lowest BCUT2D eigenvalue weighted by Crippen LogP contribution is -2.33. The smallest absolute Gasteiger partial charge is 0.135 e. The summed E-state index contributed by atoms with van der Waals surface area (Å²) in [6.45, 7) is 13.0. The zero-order valence-corrected chi connectivity index (χ0v) is 11.8. The van der Waals surface area contributed by atoms with Crippen molar-refractivity contribution < 1.29 is 0 Å². The van der Waals surface area contributed by atoms with Crippen LogP contribution in [0.2, 0.25) is 0 Å². The van der Waals surface area contributed by atoms with Crippen LogP contribution in [0.3, 0.4) is 0 Å². The molecule has 0 radical (unpaired) electrons. The van der Waals surface area contributed by atoms with Crippen molar-refractivity contribution in [2.45, 2.75) is 52.3 Å². The molecule has 0 aromatic carbocycles. The number of hydrogen-bond donors (Lipinski definition) is 0. The van der Waals surface area contributed by atoms with E-state index in [1.807, 2.05) is 6.92 Å². The van der Waals surface area contributed by atoms with E-state index < -0.39 is 0 Å². The molecule has 2 nitrogen and oxygen atoms in total.